The van der Waals surface area contributed by atoms with Gasteiger partial charge in [0, 0.05) is 18.5 Å². The maximum absolute atomic E-state index is 13.3. The van der Waals surface area contributed by atoms with Crippen molar-refractivity contribution in [2.45, 2.75) is 23.1 Å². The van der Waals surface area contributed by atoms with E-state index in [9.17, 15) is 13.2 Å². The van der Waals surface area contributed by atoms with E-state index in [4.69, 9.17) is 11.6 Å². The maximum Gasteiger partial charge on any atom is 0.245 e. The van der Waals surface area contributed by atoms with E-state index in [2.05, 4.69) is 16.8 Å². The van der Waals surface area contributed by atoms with Gasteiger partial charge in [0.15, 0.2) is 10.3 Å². The summed E-state index contributed by atoms with van der Waals surface area (Å²) in [6.45, 7) is 0. The average molecular weight is 451 g/mol. The van der Waals surface area contributed by atoms with Crippen LogP contribution in [0, 0.1) is 11.8 Å². The predicted molar refractivity (Wildman–Crippen MR) is 121 cm³/mol. The van der Waals surface area contributed by atoms with Gasteiger partial charge in [-0.3, -0.25) is 4.79 Å². The summed E-state index contributed by atoms with van der Waals surface area (Å²) in [6.07, 6.45) is 0.555. The van der Waals surface area contributed by atoms with Crippen LogP contribution < -0.4 is 4.90 Å². The highest BCUT2D eigenvalue weighted by molar-refractivity contribution is 7.93. The Morgan fingerprint density at radius 3 is 2.52 bits per heavy atom. The normalized spacial score (nSPS) is 16.9. The fraction of sp³-hybridized carbons (Fsp3) is 0.167. The fourth-order valence-electron chi connectivity index (χ4n) is 3.48. The molecule has 2 aromatic carbocycles. The molecular formula is C24H19ClN2O3S. The Balaban J connectivity index is 1.67. The fourth-order valence-corrected chi connectivity index (χ4v) is 5.52. The van der Waals surface area contributed by atoms with Crippen molar-refractivity contribution in [1.82, 2.24) is 4.98 Å². The highest BCUT2D eigenvalue weighted by Gasteiger charge is 2.44. The van der Waals surface area contributed by atoms with Crippen molar-refractivity contribution in [3.05, 3.63) is 88.6 Å². The Labute approximate surface area is 186 Å². The second-order valence-electron chi connectivity index (χ2n) is 7.25. The molecule has 1 aliphatic heterocycles. The van der Waals surface area contributed by atoms with Gasteiger partial charge in [0.2, 0.25) is 15.7 Å². The number of benzene rings is 2. The number of fused-ring (bicyclic) bond motifs is 1. The zero-order valence-electron chi connectivity index (χ0n) is 16.7. The summed E-state index contributed by atoms with van der Waals surface area (Å²) in [5.41, 5.74) is 2.35. The van der Waals surface area contributed by atoms with E-state index in [1.54, 1.807) is 43.4 Å². The van der Waals surface area contributed by atoms with E-state index in [1.807, 2.05) is 30.3 Å². The van der Waals surface area contributed by atoms with Gasteiger partial charge in [-0.25, -0.2) is 13.4 Å². The van der Waals surface area contributed by atoms with Crippen molar-refractivity contribution >= 4 is 33.0 Å². The summed E-state index contributed by atoms with van der Waals surface area (Å²) in [7, 11) is -2.43. The number of nitrogens with zero attached hydrogens (tertiary/aromatic N) is 2. The molecule has 0 aliphatic carbocycles. The van der Waals surface area contributed by atoms with Gasteiger partial charge in [0.25, 0.3) is 0 Å². The molecule has 1 aromatic heterocycles. The summed E-state index contributed by atoms with van der Waals surface area (Å²) in [4.78, 5) is 18.5. The van der Waals surface area contributed by atoms with Crippen LogP contribution in [0.3, 0.4) is 0 Å². The Kier molecular flexibility index (Phi) is 5.81. The molecule has 3 aromatic rings. The minimum atomic E-state index is -3.99. The van der Waals surface area contributed by atoms with Gasteiger partial charge < -0.3 is 4.90 Å². The predicted octanol–water partition coefficient (Wildman–Crippen LogP) is 3.69. The van der Waals surface area contributed by atoms with Crippen molar-refractivity contribution in [3.8, 4) is 11.8 Å². The standard InChI is InChI=1S/C24H19ClN2O3S/c1-27-21-14-13-20(12-6-9-17-7-3-2-4-8-17)26-23(21)31(29,30)22(24(27)28)16-18-10-5-11-19(25)15-18/h2-5,7-8,10-11,13-15,22H,9,16H2,1H3. The smallest absolute Gasteiger partial charge is 0.245 e. The summed E-state index contributed by atoms with van der Waals surface area (Å²) in [5.74, 6) is 5.47. The SMILES string of the molecule is CN1C(=O)C(Cc2cccc(Cl)c2)S(=O)(=O)c2nc(C#CCc3ccccc3)ccc21. The van der Waals surface area contributed by atoms with Crippen molar-refractivity contribution < 1.29 is 13.2 Å². The Bertz CT molecular complexity index is 1310. The lowest BCUT2D eigenvalue weighted by Crippen LogP contribution is -2.47. The van der Waals surface area contributed by atoms with Crippen LogP contribution in [-0.4, -0.2) is 31.6 Å². The third kappa shape index (κ3) is 4.34. The van der Waals surface area contributed by atoms with E-state index in [0.29, 0.717) is 22.7 Å². The van der Waals surface area contributed by atoms with Crippen molar-refractivity contribution in [2.75, 3.05) is 11.9 Å². The monoisotopic (exact) mass is 450 g/mol. The minimum Gasteiger partial charge on any atom is -0.312 e. The molecule has 156 valence electrons. The van der Waals surface area contributed by atoms with Crippen LogP contribution in [0.2, 0.25) is 5.02 Å². The molecule has 0 N–H and O–H groups in total. The van der Waals surface area contributed by atoms with Gasteiger partial charge in [0.1, 0.15) is 5.69 Å². The molecular weight excluding hydrogens is 432 g/mol. The number of hydrogen-bond donors (Lipinski definition) is 0. The van der Waals surface area contributed by atoms with Gasteiger partial charge in [-0.15, -0.1) is 0 Å². The molecule has 0 radical (unpaired) electrons. The van der Waals surface area contributed by atoms with E-state index < -0.39 is 21.0 Å². The van der Waals surface area contributed by atoms with E-state index in [0.717, 1.165) is 5.56 Å². The number of carbonyl (C=O) groups is 1. The molecule has 0 saturated heterocycles. The molecule has 2 heterocycles. The molecule has 1 unspecified atom stereocenters. The number of carbonyl (C=O) groups excluding carboxylic acids is 1. The topological polar surface area (TPSA) is 67.3 Å². The first-order valence-corrected chi connectivity index (χ1v) is 11.6. The molecule has 1 aliphatic rings. The highest BCUT2D eigenvalue weighted by Crippen LogP contribution is 2.34. The number of halogens is 1. The number of anilines is 1. The zero-order chi connectivity index (χ0) is 22.0. The minimum absolute atomic E-state index is 0.0249. The van der Waals surface area contributed by atoms with Crippen LogP contribution in [0.5, 0.6) is 0 Å². The molecule has 7 heteroatoms. The summed E-state index contributed by atoms with van der Waals surface area (Å²) in [6, 6.07) is 19.8. The number of hydrogen-bond acceptors (Lipinski definition) is 4. The molecule has 0 spiro atoms. The first-order valence-electron chi connectivity index (χ1n) is 9.66. The van der Waals surface area contributed by atoms with E-state index >= 15 is 0 Å². The Morgan fingerprint density at radius 2 is 1.77 bits per heavy atom. The second-order valence-corrected chi connectivity index (χ2v) is 9.73. The quantitative estimate of drug-likeness (QED) is 0.571. The van der Waals surface area contributed by atoms with Crippen molar-refractivity contribution in [3.63, 3.8) is 0 Å². The van der Waals surface area contributed by atoms with Crippen LogP contribution in [-0.2, 0) is 27.5 Å². The summed E-state index contributed by atoms with van der Waals surface area (Å²) in [5, 5.41) is -0.891. The zero-order valence-corrected chi connectivity index (χ0v) is 18.3. The number of aromatic nitrogens is 1. The van der Waals surface area contributed by atoms with E-state index in [1.165, 1.54) is 4.90 Å². The van der Waals surface area contributed by atoms with Gasteiger partial charge in [-0.2, -0.15) is 0 Å². The number of rotatable bonds is 3. The van der Waals surface area contributed by atoms with Crippen LogP contribution >= 0.6 is 11.6 Å². The van der Waals surface area contributed by atoms with Crippen LogP contribution in [0.4, 0.5) is 5.69 Å². The van der Waals surface area contributed by atoms with Crippen molar-refractivity contribution in [1.29, 1.82) is 0 Å². The van der Waals surface area contributed by atoms with Crippen LogP contribution in [0.25, 0.3) is 0 Å². The lowest BCUT2D eigenvalue weighted by molar-refractivity contribution is -0.118. The first-order chi connectivity index (χ1) is 14.9. The highest BCUT2D eigenvalue weighted by atomic mass is 35.5. The van der Waals surface area contributed by atoms with Gasteiger partial charge >= 0.3 is 0 Å². The molecule has 5 nitrogen and oxygen atoms in total. The average Bonchev–Trinajstić information content (AvgIpc) is 2.76. The number of amides is 1. The van der Waals surface area contributed by atoms with Gasteiger partial charge in [0.05, 0.1) is 5.69 Å². The third-order valence-electron chi connectivity index (χ3n) is 5.11. The maximum atomic E-state index is 13.3. The Hall–Kier alpha value is -3.14. The molecule has 1 atom stereocenters. The third-order valence-corrected chi connectivity index (χ3v) is 7.31. The largest absolute Gasteiger partial charge is 0.312 e. The lowest BCUT2D eigenvalue weighted by Gasteiger charge is -2.30. The van der Waals surface area contributed by atoms with Crippen LogP contribution in [0.1, 0.15) is 16.8 Å². The van der Waals surface area contributed by atoms with Crippen molar-refractivity contribution in [2.24, 2.45) is 0 Å². The molecule has 4 rings (SSSR count). The Morgan fingerprint density at radius 1 is 1.03 bits per heavy atom. The molecule has 0 fully saturated rings. The van der Waals surface area contributed by atoms with Gasteiger partial charge in [-0.1, -0.05) is 60.0 Å². The summed E-state index contributed by atoms with van der Waals surface area (Å²) >= 11 is 6.02. The molecule has 0 bridgehead atoms. The van der Waals surface area contributed by atoms with E-state index in [-0.39, 0.29) is 17.1 Å². The number of pyridine rings is 1. The molecule has 1 amide bonds. The lowest BCUT2D eigenvalue weighted by atomic mass is 10.1. The first kappa shape index (κ1) is 21.1. The second kappa shape index (κ2) is 8.54. The van der Waals surface area contributed by atoms with Crippen LogP contribution in [0.15, 0.2) is 71.8 Å². The number of sulfone groups is 1. The molecule has 31 heavy (non-hydrogen) atoms. The molecule has 0 saturated carbocycles. The summed E-state index contributed by atoms with van der Waals surface area (Å²) < 4.78 is 26.6. The van der Waals surface area contributed by atoms with Gasteiger partial charge in [-0.05, 0) is 47.7 Å².